The van der Waals surface area contributed by atoms with E-state index in [0.29, 0.717) is 11.1 Å². The first-order valence-corrected chi connectivity index (χ1v) is 7.46. The van der Waals surface area contributed by atoms with E-state index in [9.17, 15) is 4.79 Å². The number of hydrogen-bond acceptors (Lipinski definition) is 3. The molecule has 0 atom stereocenters. The lowest BCUT2D eigenvalue weighted by molar-refractivity contribution is 0.0812. The fourth-order valence-corrected chi connectivity index (χ4v) is 2.69. The van der Waals surface area contributed by atoms with Crippen LogP contribution < -0.4 is 5.32 Å². The minimum Gasteiger partial charge on any atom is -0.349 e. The van der Waals surface area contributed by atoms with Crippen molar-refractivity contribution in [2.24, 2.45) is 0 Å². The smallest absolute Gasteiger partial charge is 0.251 e. The highest BCUT2D eigenvalue weighted by Crippen LogP contribution is 2.20. The third-order valence-corrected chi connectivity index (χ3v) is 4.03. The molecule has 1 aromatic carbocycles. The highest BCUT2D eigenvalue weighted by atomic mass is 16.1. The number of benzene rings is 1. The molecule has 1 saturated heterocycles. The average Bonchev–Trinajstić information content (AvgIpc) is 2.47. The van der Waals surface area contributed by atoms with Gasteiger partial charge in [-0.3, -0.25) is 9.69 Å². The molecule has 1 heterocycles. The topological polar surface area (TPSA) is 56.1 Å². The number of hydrogen-bond donors (Lipinski definition) is 1. The van der Waals surface area contributed by atoms with Gasteiger partial charge in [0.1, 0.15) is 0 Å². The normalized spacial score (nSPS) is 17.2. The van der Waals surface area contributed by atoms with Crippen LogP contribution in [0.25, 0.3) is 0 Å². The fourth-order valence-electron chi connectivity index (χ4n) is 2.69. The Kier molecular flexibility index (Phi) is 4.64. The van der Waals surface area contributed by atoms with Crippen molar-refractivity contribution in [3.63, 3.8) is 0 Å². The number of amides is 1. The molecular weight excluding hydrogens is 262 g/mol. The summed E-state index contributed by atoms with van der Waals surface area (Å²) in [4.78, 5) is 14.7. The van der Waals surface area contributed by atoms with Crippen LogP contribution in [0.2, 0.25) is 0 Å². The van der Waals surface area contributed by atoms with E-state index >= 15 is 0 Å². The van der Waals surface area contributed by atoms with Crippen molar-refractivity contribution in [1.82, 2.24) is 10.2 Å². The lowest BCUT2D eigenvalue weighted by Crippen LogP contribution is -2.50. The molecule has 0 aliphatic carbocycles. The lowest BCUT2D eigenvalue weighted by atomic mass is 9.98. The Labute approximate surface area is 126 Å². The first-order valence-electron chi connectivity index (χ1n) is 7.46. The molecule has 21 heavy (non-hydrogen) atoms. The minimum absolute atomic E-state index is 0.0821. The number of carbonyl (C=O) groups excluding carboxylic acids is 1. The second-order valence-corrected chi connectivity index (χ2v) is 6.60. The number of nitrogens with zero attached hydrogens (tertiary/aromatic N) is 2. The summed E-state index contributed by atoms with van der Waals surface area (Å²) >= 11 is 0. The molecular formula is C17H23N3O. The molecule has 0 radical (unpaired) electrons. The molecule has 1 N–H and O–H groups in total. The van der Waals surface area contributed by atoms with Gasteiger partial charge in [0.05, 0.1) is 11.6 Å². The second-order valence-electron chi connectivity index (χ2n) is 6.60. The van der Waals surface area contributed by atoms with Crippen molar-refractivity contribution in [1.29, 1.82) is 5.26 Å². The van der Waals surface area contributed by atoms with Gasteiger partial charge in [-0.1, -0.05) is 6.07 Å². The van der Waals surface area contributed by atoms with Crippen molar-refractivity contribution in [2.75, 3.05) is 13.1 Å². The number of nitriles is 1. The molecule has 0 aromatic heterocycles. The number of likely N-dealkylation sites (tertiary alicyclic amines) is 1. The van der Waals surface area contributed by atoms with Crippen molar-refractivity contribution in [3.05, 3.63) is 35.4 Å². The molecule has 0 saturated carbocycles. The zero-order valence-electron chi connectivity index (χ0n) is 13.0. The van der Waals surface area contributed by atoms with Crippen LogP contribution in [0, 0.1) is 11.3 Å². The van der Waals surface area contributed by atoms with Gasteiger partial charge in [0.15, 0.2) is 0 Å². The molecule has 0 unspecified atom stereocenters. The van der Waals surface area contributed by atoms with Crippen LogP contribution in [0.3, 0.4) is 0 Å². The zero-order valence-corrected chi connectivity index (χ0v) is 13.0. The average molecular weight is 285 g/mol. The van der Waals surface area contributed by atoms with Crippen LogP contribution in [-0.4, -0.2) is 35.5 Å². The second kappa shape index (κ2) is 6.28. The van der Waals surface area contributed by atoms with Crippen molar-refractivity contribution >= 4 is 5.91 Å². The van der Waals surface area contributed by atoms with Gasteiger partial charge in [-0.2, -0.15) is 5.26 Å². The van der Waals surface area contributed by atoms with E-state index in [1.807, 2.05) is 0 Å². The van der Waals surface area contributed by atoms with E-state index in [1.165, 1.54) is 0 Å². The number of carbonyl (C=O) groups is 1. The van der Waals surface area contributed by atoms with Crippen LogP contribution in [0.1, 0.15) is 49.5 Å². The fraction of sp³-hybridized carbons (Fsp3) is 0.529. The van der Waals surface area contributed by atoms with E-state index in [1.54, 1.807) is 24.3 Å². The van der Waals surface area contributed by atoms with Crippen LogP contribution >= 0.6 is 0 Å². The molecule has 1 aliphatic heterocycles. The Morgan fingerprint density at radius 2 is 2.00 bits per heavy atom. The largest absolute Gasteiger partial charge is 0.349 e. The third kappa shape index (κ3) is 4.05. The van der Waals surface area contributed by atoms with Gasteiger partial charge in [-0.15, -0.1) is 0 Å². The summed E-state index contributed by atoms with van der Waals surface area (Å²) in [5.74, 6) is -0.0821. The summed E-state index contributed by atoms with van der Waals surface area (Å²) in [5, 5.41) is 12.0. The molecule has 112 valence electrons. The Balaban J connectivity index is 1.91. The van der Waals surface area contributed by atoms with E-state index in [0.717, 1.165) is 25.9 Å². The summed E-state index contributed by atoms with van der Waals surface area (Å²) in [6.07, 6.45) is 1.95. The molecule has 0 bridgehead atoms. The van der Waals surface area contributed by atoms with Crippen LogP contribution in [0.5, 0.6) is 0 Å². The van der Waals surface area contributed by atoms with Gasteiger partial charge in [0.2, 0.25) is 0 Å². The van der Waals surface area contributed by atoms with Gasteiger partial charge < -0.3 is 5.32 Å². The predicted molar refractivity (Wildman–Crippen MR) is 83.0 cm³/mol. The lowest BCUT2D eigenvalue weighted by Gasteiger charge is -2.41. The SMILES string of the molecule is CC(C)(C)N1CCC(NC(=O)c2cccc(C#N)c2)CC1. The standard InChI is InChI=1S/C17H23N3O/c1-17(2,3)20-9-7-15(8-10-20)19-16(21)14-6-4-5-13(11-14)12-18/h4-6,11,15H,7-10H2,1-3H3,(H,19,21). The first kappa shape index (κ1) is 15.5. The molecule has 2 rings (SSSR count). The number of rotatable bonds is 2. The Hall–Kier alpha value is -1.86. The third-order valence-electron chi connectivity index (χ3n) is 4.03. The van der Waals surface area contributed by atoms with E-state index < -0.39 is 0 Å². The monoisotopic (exact) mass is 285 g/mol. The first-order chi connectivity index (χ1) is 9.90. The van der Waals surface area contributed by atoms with Crippen LogP contribution in [0.15, 0.2) is 24.3 Å². The quantitative estimate of drug-likeness (QED) is 0.908. The van der Waals surface area contributed by atoms with Gasteiger partial charge in [0, 0.05) is 30.2 Å². The highest BCUT2D eigenvalue weighted by Gasteiger charge is 2.27. The van der Waals surface area contributed by atoms with Gasteiger partial charge in [-0.25, -0.2) is 0 Å². The predicted octanol–water partition coefficient (Wildman–Crippen LogP) is 2.55. The number of nitrogens with one attached hydrogen (secondary N) is 1. The van der Waals surface area contributed by atoms with E-state index in [4.69, 9.17) is 5.26 Å². The molecule has 0 spiro atoms. The maximum Gasteiger partial charge on any atom is 0.251 e. The van der Waals surface area contributed by atoms with Gasteiger partial charge in [-0.05, 0) is 51.8 Å². The van der Waals surface area contributed by atoms with Crippen molar-refractivity contribution in [2.45, 2.75) is 45.2 Å². The van der Waals surface area contributed by atoms with Crippen LogP contribution in [0.4, 0.5) is 0 Å². The molecule has 1 aliphatic rings. The molecule has 4 nitrogen and oxygen atoms in total. The zero-order chi connectivity index (χ0) is 15.5. The Morgan fingerprint density at radius 1 is 1.33 bits per heavy atom. The van der Waals surface area contributed by atoms with Gasteiger partial charge in [0.25, 0.3) is 5.91 Å². The summed E-state index contributed by atoms with van der Waals surface area (Å²) in [6, 6.07) is 9.13. The highest BCUT2D eigenvalue weighted by molar-refractivity contribution is 5.94. The molecule has 1 aromatic rings. The Morgan fingerprint density at radius 3 is 2.57 bits per heavy atom. The van der Waals surface area contributed by atoms with Crippen molar-refractivity contribution < 1.29 is 4.79 Å². The molecule has 4 heteroatoms. The summed E-state index contributed by atoms with van der Waals surface area (Å²) < 4.78 is 0. The molecule has 1 fully saturated rings. The summed E-state index contributed by atoms with van der Waals surface area (Å²) in [6.45, 7) is 8.68. The molecule has 1 amide bonds. The van der Waals surface area contributed by atoms with Gasteiger partial charge >= 0.3 is 0 Å². The minimum atomic E-state index is -0.0821. The van der Waals surface area contributed by atoms with E-state index in [2.05, 4.69) is 37.1 Å². The van der Waals surface area contributed by atoms with Crippen molar-refractivity contribution in [3.8, 4) is 6.07 Å². The van der Waals surface area contributed by atoms with E-state index in [-0.39, 0.29) is 17.5 Å². The number of piperidine rings is 1. The Bertz CT molecular complexity index is 546. The summed E-state index contributed by atoms with van der Waals surface area (Å²) in [5.41, 5.74) is 1.27. The van der Waals surface area contributed by atoms with Crippen LogP contribution in [-0.2, 0) is 0 Å². The maximum atomic E-state index is 12.2. The maximum absolute atomic E-state index is 12.2. The summed E-state index contributed by atoms with van der Waals surface area (Å²) in [7, 11) is 0.